The molecule has 0 radical (unpaired) electrons. The number of hydrogen-bond donors (Lipinski definition) is 2. The van der Waals surface area contributed by atoms with Gasteiger partial charge in [-0.1, -0.05) is 0 Å². The quantitative estimate of drug-likeness (QED) is 0.799. The van der Waals surface area contributed by atoms with E-state index in [9.17, 15) is 8.42 Å². The number of rotatable bonds is 4. The third kappa shape index (κ3) is 3.03. The van der Waals surface area contributed by atoms with E-state index in [2.05, 4.69) is 27.3 Å². The summed E-state index contributed by atoms with van der Waals surface area (Å²) in [5.41, 5.74) is 0.456. The zero-order valence-electron chi connectivity index (χ0n) is 9.13. The van der Waals surface area contributed by atoms with Gasteiger partial charge < -0.3 is 9.52 Å². The average Bonchev–Trinajstić information content (AvgIpc) is 2.81. The standard InChI is InChI=1S/C11H10INO4S/c12-8-1-3-9(4-2-8)13-18(15,16)11-6-5-10(7-14)17-11/h1-6,13-14H,7H2. The SMILES string of the molecule is O=S(=O)(Nc1ccc(I)cc1)c1ccc(CO)o1. The monoisotopic (exact) mass is 379 g/mol. The second-order valence-electron chi connectivity index (χ2n) is 3.49. The van der Waals surface area contributed by atoms with Crippen LogP contribution in [0.1, 0.15) is 5.76 Å². The molecule has 0 aliphatic heterocycles. The summed E-state index contributed by atoms with van der Waals surface area (Å²) in [6, 6.07) is 9.63. The summed E-state index contributed by atoms with van der Waals surface area (Å²) in [5.74, 6) is 0.206. The van der Waals surface area contributed by atoms with Gasteiger partial charge in [0.15, 0.2) is 0 Å². The molecule has 7 heteroatoms. The van der Waals surface area contributed by atoms with Crippen molar-refractivity contribution in [1.82, 2.24) is 0 Å². The lowest BCUT2D eigenvalue weighted by Gasteiger charge is -2.05. The van der Waals surface area contributed by atoms with Gasteiger partial charge in [0.05, 0.1) is 0 Å². The molecule has 0 amide bonds. The van der Waals surface area contributed by atoms with Crippen LogP contribution in [0, 0.1) is 3.57 Å². The molecule has 0 atom stereocenters. The van der Waals surface area contributed by atoms with Crippen molar-refractivity contribution in [1.29, 1.82) is 0 Å². The number of sulfonamides is 1. The Bertz CT molecular complexity index is 633. The summed E-state index contributed by atoms with van der Waals surface area (Å²) in [6.07, 6.45) is 0. The fourth-order valence-corrected chi connectivity index (χ4v) is 2.68. The summed E-state index contributed by atoms with van der Waals surface area (Å²) in [7, 11) is -3.75. The van der Waals surface area contributed by atoms with Crippen molar-refractivity contribution in [3.05, 3.63) is 45.7 Å². The molecule has 0 unspecified atom stereocenters. The van der Waals surface area contributed by atoms with Gasteiger partial charge >= 0.3 is 0 Å². The number of aliphatic hydroxyl groups is 1. The number of hydrogen-bond acceptors (Lipinski definition) is 4. The van der Waals surface area contributed by atoms with Crippen molar-refractivity contribution in [3.8, 4) is 0 Å². The van der Waals surface area contributed by atoms with Crippen LogP contribution in [-0.2, 0) is 16.6 Å². The lowest BCUT2D eigenvalue weighted by atomic mass is 10.3. The summed E-state index contributed by atoms with van der Waals surface area (Å²) in [5, 5.41) is 8.61. The molecule has 0 aliphatic rings. The van der Waals surface area contributed by atoms with Gasteiger partial charge in [-0.2, -0.15) is 8.42 Å². The zero-order chi connectivity index (χ0) is 13.2. The summed E-state index contributed by atoms with van der Waals surface area (Å²) >= 11 is 2.13. The fraction of sp³-hybridized carbons (Fsp3) is 0.0909. The summed E-state index contributed by atoms with van der Waals surface area (Å²) in [4.78, 5) is 0. The van der Waals surface area contributed by atoms with Crippen molar-refractivity contribution in [2.45, 2.75) is 11.7 Å². The Hall–Kier alpha value is -1.06. The van der Waals surface area contributed by atoms with Crippen LogP contribution in [0.3, 0.4) is 0 Å². The highest BCUT2D eigenvalue weighted by Crippen LogP contribution is 2.19. The lowest BCUT2D eigenvalue weighted by Crippen LogP contribution is -2.12. The van der Waals surface area contributed by atoms with Gasteiger partial charge in [-0.05, 0) is 59.0 Å². The van der Waals surface area contributed by atoms with E-state index in [1.165, 1.54) is 12.1 Å². The van der Waals surface area contributed by atoms with E-state index in [1.54, 1.807) is 24.3 Å². The predicted octanol–water partition coefficient (Wildman–Crippen LogP) is 2.18. The number of furan rings is 1. The molecular weight excluding hydrogens is 369 g/mol. The highest BCUT2D eigenvalue weighted by atomic mass is 127. The van der Waals surface area contributed by atoms with E-state index in [4.69, 9.17) is 9.52 Å². The lowest BCUT2D eigenvalue weighted by molar-refractivity contribution is 0.236. The highest BCUT2D eigenvalue weighted by Gasteiger charge is 2.18. The maximum Gasteiger partial charge on any atom is 0.295 e. The van der Waals surface area contributed by atoms with E-state index >= 15 is 0 Å². The van der Waals surface area contributed by atoms with Crippen LogP contribution in [0.15, 0.2) is 45.9 Å². The molecule has 2 N–H and O–H groups in total. The molecular formula is C11H10INO4S. The number of aliphatic hydroxyl groups excluding tert-OH is 1. The predicted molar refractivity (Wildman–Crippen MR) is 74.6 cm³/mol. The largest absolute Gasteiger partial charge is 0.445 e. The van der Waals surface area contributed by atoms with E-state index in [0.29, 0.717) is 5.69 Å². The molecule has 96 valence electrons. The number of nitrogens with one attached hydrogen (secondary N) is 1. The topological polar surface area (TPSA) is 79.5 Å². The Kier molecular flexibility index (Phi) is 3.93. The minimum absolute atomic E-state index is 0.206. The molecule has 2 aromatic rings. The second kappa shape index (κ2) is 5.29. The van der Waals surface area contributed by atoms with Crippen LogP contribution in [0.25, 0.3) is 0 Å². The molecule has 0 saturated carbocycles. The van der Waals surface area contributed by atoms with Gasteiger partial charge in [-0.15, -0.1) is 0 Å². The van der Waals surface area contributed by atoms with Crippen LogP contribution in [0.4, 0.5) is 5.69 Å². The molecule has 0 saturated heterocycles. The smallest absolute Gasteiger partial charge is 0.295 e. The number of benzene rings is 1. The van der Waals surface area contributed by atoms with Crippen molar-refractivity contribution in [2.24, 2.45) is 0 Å². The third-order valence-corrected chi connectivity index (χ3v) is 4.13. The third-order valence-electron chi connectivity index (χ3n) is 2.15. The van der Waals surface area contributed by atoms with Gasteiger partial charge in [-0.25, -0.2) is 0 Å². The molecule has 0 spiro atoms. The second-order valence-corrected chi connectivity index (χ2v) is 6.35. The molecule has 5 nitrogen and oxygen atoms in total. The van der Waals surface area contributed by atoms with Gasteiger partial charge in [0.2, 0.25) is 5.09 Å². The van der Waals surface area contributed by atoms with Crippen molar-refractivity contribution < 1.29 is 17.9 Å². The van der Waals surface area contributed by atoms with Crippen LogP contribution >= 0.6 is 22.6 Å². The normalized spacial score (nSPS) is 11.4. The minimum atomic E-state index is -3.75. The molecule has 2 rings (SSSR count). The molecule has 0 bridgehead atoms. The first-order valence-corrected chi connectivity index (χ1v) is 7.55. The van der Waals surface area contributed by atoms with Crippen molar-refractivity contribution in [2.75, 3.05) is 4.72 Å². The van der Waals surface area contributed by atoms with Crippen LogP contribution in [-0.4, -0.2) is 13.5 Å². The first-order chi connectivity index (χ1) is 8.51. The van der Waals surface area contributed by atoms with E-state index in [0.717, 1.165) is 3.57 Å². The number of anilines is 1. The van der Waals surface area contributed by atoms with Crippen LogP contribution in [0.2, 0.25) is 0 Å². The van der Waals surface area contributed by atoms with Gasteiger partial charge in [0, 0.05) is 9.26 Å². The van der Waals surface area contributed by atoms with Crippen molar-refractivity contribution in [3.63, 3.8) is 0 Å². The molecule has 1 aromatic carbocycles. The first-order valence-electron chi connectivity index (χ1n) is 4.99. The average molecular weight is 379 g/mol. The minimum Gasteiger partial charge on any atom is -0.445 e. The Morgan fingerprint density at radius 1 is 1.17 bits per heavy atom. The zero-order valence-corrected chi connectivity index (χ0v) is 12.1. The molecule has 0 fully saturated rings. The van der Waals surface area contributed by atoms with Gasteiger partial charge in [0.25, 0.3) is 10.0 Å². The Labute approximate surface area is 118 Å². The molecule has 1 aromatic heterocycles. The van der Waals surface area contributed by atoms with Crippen LogP contribution in [0.5, 0.6) is 0 Å². The van der Waals surface area contributed by atoms with E-state index in [-0.39, 0.29) is 17.5 Å². The Morgan fingerprint density at radius 2 is 1.83 bits per heavy atom. The molecule has 1 heterocycles. The van der Waals surface area contributed by atoms with Gasteiger partial charge in [-0.3, -0.25) is 4.72 Å². The van der Waals surface area contributed by atoms with E-state index < -0.39 is 10.0 Å². The molecule has 18 heavy (non-hydrogen) atoms. The summed E-state index contributed by atoms with van der Waals surface area (Å²) in [6.45, 7) is -0.334. The summed E-state index contributed by atoms with van der Waals surface area (Å²) < 4.78 is 32.2. The maximum absolute atomic E-state index is 11.9. The maximum atomic E-state index is 11.9. The Balaban J connectivity index is 2.24. The van der Waals surface area contributed by atoms with Crippen LogP contribution < -0.4 is 4.72 Å². The Morgan fingerprint density at radius 3 is 2.39 bits per heavy atom. The van der Waals surface area contributed by atoms with Crippen molar-refractivity contribution >= 4 is 38.3 Å². The highest BCUT2D eigenvalue weighted by molar-refractivity contribution is 14.1. The number of halogens is 1. The fourth-order valence-electron chi connectivity index (χ4n) is 1.31. The first kappa shape index (κ1) is 13.4. The van der Waals surface area contributed by atoms with Gasteiger partial charge in [0.1, 0.15) is 12.4 Å². The van der Waals surface area contributed by atoms with E-state index in [1.807, 2.05) is 0 Å². The molecule has 0 aliphatic carbocycles.